The van der Waals surface area contributed by atoms with E-state index in [2.05, 4.69) is 21.2 Å². The molecule has 0 spiro atoms. The average Bonchev–Trinajstić information content (AvgIpc) is 2.88. The first-order chi connectivity index (χ1) is 12.6. The summed E-state index contributed by atoms with van der Waals surface area (Å²) in [5.41, 5.74) is 1.72. The number of amides is 3. The Morgan fingerprint density at radius 3 is 2.12 bits per heavy atom. The lowest BCUT2D eigenvalue weighted by atomic mass is 10.1. The number of rotatable bonds is 7. The predicted molar refractivity (Wildman–Crippen MR) is 103 cm³/mol. The normalized spacial score (nSPS) is 13.0. The highest BCUT2D eigenvalue weighted by molar-refractivity contribution is 9.10. The fraction of sp³-hybridized carbons (Fsp3) is 0.250. The second-order valence-corrected chi connectivity index (χ2v) is 7.09. The molecule has 0 saturated carbocycles. The van der Waals surface area contributed by atoms with Gasteiger partial charge < -0.3 is 5.32 Å². The van der Waals surface area contributed by atoms with Gasteiger partial charge in [0.1, 0.15) is 0 Å². The lowest BCUT2D eigenvalue weighted by Gasteiger charge is -2.13. The van der Waals surface area contributed by atoms with Crippen LogP contribution in [0.5, 0.6) is 0 Å². The number of carbonyl (C=O) groups excluding carboxylic acids is 3. The molecule has 1 heterocycles. The van der Waals surface area contributed by atoms with Crippen LogP contribution in [-0.4, -0.2) is 29.2 Å². The Bertz CT molecular complexity index is 798. The maximum Gasteiger partial charge on any atom is 0.261 e. The highest BCUT2D eigenvalue weighted by Gasteiger charge is 2.34. The maximum atomic E-state index is 12.2. The van der Waals surface area contributed by atoms with Gasteiger partial charge in [-0.25, -0.2) is 0 Å². The largest absolute Gasteiger partial charge is 0.326 e. The van der Waals surface area contributed by atoms with Crippen LogP contribution in [0.4, 0.5) is 5.69 Å². The number of nitrogens with zero attached hydrogens (tertiary/aromatic N) is 1. The molecule has 0 fully saturated rings. The van der Waals surface area contributed by atoms with Crippen molar-refractivity contribution >= 4 is 39.3 Å². The van der Waals surface area contributed by atoms with Crippen LogP contribution < -0.4 is 5.32 Å². The molecule has 0 atom stereocenters. The van der Waals surface area contributed by atoms with Crippen molar-refractivity contribution in [3.63, 3.8) is 0 Å². The molecule has 0 aromatic heterocycles. The van der Waals surface area contributed by atoms with Crippen LogP contribution in [0.3, 0.4) is 0 Å². The van der Waals surface area contributed by atoms with Gasteiger partial charge in [0.2, 0.25) is 5.91 Å². The molecule has 2 aromatic rings. The first kappa shape index (κ1) is 18.3. The molecule has 3 amide bonds. The minimum atomic E-state index is -0.224. The molecule has 6 heteroatoms. The zero-order valence-corrected chi connectivity index (χ0v) is 15.8. The first-order valence-electron chi connectivity index (χ1n) is 8.57. The number of nitrogens with one attached hydrogen (secondary N) is 1. The van der Waals surface area contributed by atoms with Gasteiger partial charge in [0.05, 0.1) is 11.1 Å². The molecule has 2 aromatic carbocycles. The van der Waals surface area contributed by atoms with Crippen LogP contribution >= 0.6 is 15.9 Å². The van der Waals surface area contributed by atoms with E-state index in [1.807, 2.05) is 24.3 Å². The number of carbonyl (C=O) groups is 3. The smallest absolute Gasteiger partial charge is 0.261 e. The molecular weight excluding hydrogens is 396 g/mol. The van der Waals surface area contributed by atoms with E-state index in [4.69, 9.17) is 0 Å². The summed E-state index contributed by atoms with van der Waals surface area (Å²) >= 11 is 3.35. The summed E-state index contributed by atoms with van der Waals surface area (Å²) in [5, 5.41) is 2.85. The lowest BCUT2D eigenvalue weighted by Crippen LogP contribution is -2.30. The summed E-state index contributed by atoms with van der Waals surface area (Å²) in [7, 11) is 0. The third kappa shape index (κ3) is 4.19. The summed E-state index contributed by atoms with van der Waals surface area (Å²) < 4.78 is 0.962. The molecule has 1 N–H and O–H groups in total. The number of fused-ring (bicyclic) bond motifs is 1. The summed E-state index contributed by atoms with van der Waals surface area (Å²) in [6, 6.07) is 14.3. The molecule has 0 radical (unpaired) electrons. The number of hydrogen-bond donors (Lipinski definition) is 1. The van der Waals surface area contributed by atoms with E-state index >= 15 is 0 Å². The van der Waals surface area contributed by atoms with Crippen molar-refractivity contribution in [2.24, 2.45) is 0 Å². The van der Waals surface area contributed by atoms with Gasteiger partial charge in [0, 0.05) is 23.1 Å². The van der Waals surface area contributed by atoms with Gasteiger partial charge in [-0.05, 0) is 49.2 Å². The zero-order valence-electron chi connectivity index (χ0n) is 14.2. The van der Waals surface area contributed by atoms with Crippen molar-refractivity contribution in [2.45, 2.75) is 25.7 Å². The molecule has 5 nitrogen and oxygen atoms in total. The van der Waals surface area contributed by atoms with Crippen molar-refractivity contribution in [3.05, 3.63) is 64.1 Å². The van der Waals surface area contributed by atoms with Gasteiger partial charge in [-0.2, -0.15) is 0 Å². The van der Waals surface area contributed by atoms with Crippen molar-refractivity contribution < 1.29 is 14.4 Å². The number of unbranched alkanes of at least 4 members (excludes halogenated alkanes) is 2. The number of benzene rings is 2. The van der Waals surface area contributed by atoms with E-state index in [-0.39, 0.29) is 17.7 Å². The summed E-state index contributed by atoms with van der Waals surface area (Å²) in [6.45, 7) is 0.390. The molecular formula is C20H19BrN2O3. The quantitative estimate of drug-likeness (QED) is 0.543. The molecule has 26 heavy (non-hydrogen) atoms. The van der Waals surface area contributed by atoms with Crippen LogP contribution in [0.1, 0.15) is 46.4 Å². The maximum absolute atomic E-state index is 12.2. The highest BCUT2D eigenvalue weighted by Crippen LogP contribution is 2.23. The van der Waals surface area contributed by atoms with Crippen molar-refractivity contribution in [1.82, 2.24) is 4.90 Å². The van der Waals surface area contributed by atoms with Gasteiger partial charge in [-0.3, -0.25) is 19.3 Å². The number of halogens is 1. The summed E-state index contributed by atoms with van der Waals surface area (Å²) in [6.07, 6.45) is 2.60. The second kappa shape index (κ2) is 8.27. The Labute approximate surface area is 160 Å². The molecule has 0 unspecified atom stereocenters. The molecule has 3 rings (SSSR count). The van der Waals surface area contributed by atoms with E-state index in [0.717, 1.165) is 16.6 Å². The number of anilines is 1. The van der Waals surface area contributed by atoms with Crippen LogP contribution in [0.2, 0.25) is 0 Å². The second-order valence-electron chi connectivity index (χ2n) is 6.17. The Morgan fingerprint density at radius 2 is 1.50 bits per heavy atom. The number of imide groups is 1. The van der Waals surface area contributed by atoms with Crippen molar-refractivity contribution in [3.8, 4) is 0 Å². The van der Waals surface area contributed by atoms with E-state index in [1.54, 1.807) is 24.3 Å². The molecule has 0 bridgehead atoms. The average molecular weight is 415 g/mol. The van der Waals surface area contributed by atoms with E-state index in [1.165, 1.54) is 4.90 Å². The molecule has 134 valence electrons. The van der Waals surface area contributed by atoms with Gasteiger partial charge in [0.15, 0.2) is 0 Å². The Balaban J connectivity index is 1.38. The van der Waals surface area contributed by atoms with Crippen LogP contribution in [0.25, 0.3) is 0 Å². The summed E-state index contributed by atoms with van der Waals surface area (Å²) in [5.74, 6) is -0.481. The fourth-order valence-electron chi connectivity index (χ4n) is 2.93. The Kier molecular flexibility index (Phi) is 5.83. The monoisotopic (exact) mass is 414 g/mol. The SMILES string of the molecule is O=C(CCCCCN1C(=O)c2ccccc2C1=O)Nc1ccc(Br)cc1. The van der Waals surface area contributed by atoms with Crippen molar-refractivity contribution in [1.29, 1.82) is 0 Å². The Morgan fingerprint density at radius 1 is 0.885 bits per heavy atom. The third-order valence-corrected chi connectivity index (χ3v) is 4.82. The van der Waals surface area contributed by atoms with Gasteiger partial charge >= 0.3 is 0 Å². The fourth-order valence-corrected chi connectivity index (χ4v) is 3.20. The van der Waals surface area contributed by atoms with E-state index in [9.17, 15) is 14.4 Å². The van der Waals surface area contributed by atoms with Crippen LogP contribution in [0, 0.1) is 0 Å². The molecule has 0 aliphatic carbocycles. The van der Waals surface area contributed by atoms with Crippen molar-refractivity contribution in [2.75, 3.05) is 11.9 Å². The lowest BCUT2D eigenvalue weighted by molar-refractivity contribution is -0.116. The van der Waals surface area contributed by atoms with E-state index in [0.29, 0.717) is 36.9 Å². The zero-order chi connectivity index (χ0) is 18.5. The third-order valence-electron chi connectivity index (χ3n) is 4.29. The molecule has 1 aliphatic rings. The number of hydrogen-bond acceptors (Lipinski definition) is 3. The molecule has 0 saturated heterocycles. The Hall–Kier alpha value is -2.47. The van der Waals surface area contributed by atoms with Gasteiger partial charge in [0.25, 0.3) is 11.8 Å². The van der Waals surface area contributed by atoms with Gasteiger partial charge in [-0.15, -0.1) is 0 Å². The highest BCUT2D eigenvalue weighted by atomic mass is 79.9. The topological polar surface area (TPSA) is 66.5 Å². The standard InChI is InChI=1S/C20H19BrN2O3/c21-14-9-11-15(12-10-14)22-18(24)8-2-1-5-13-23-19(25)16-6-3-4-7-17(16)20(23)26/h3-4,6-7,9-12H,1-2,5,8,13H2,(H,22,24). The summed E-state index contributed by atoms with van der Waals surface area (Å²) in [4.78, 5) is 37.7. The molecule has 1 aliphatic heterocycles. The van der Waals surface area contributed by atoms with E-state index < -0.39 is 0 Å². The van der Waals surface area contributed by atoms with Crippen LogP contribution in [0.15, 0.2) is 53.0 Å². The van der Waals surface area contributed by atoms with Gasteiger partial charge in [-0.1, -0.05) is 34.5 Å². The first-order valence-corrected chi connectivity index (χ1v) is 9.36. The minimum absolute atomic E-state index is 0.0342. The minimum Gasteiger partial charge on any atom is -0.326 e. The van der Waals surface area contributed by atoms with Crippen LogP contribution in [-0.2, 0) is 4.79 Å². The predicted octanol–water partition coefficient (Wildman–Crippen LogP) is 4.24.